The van der Waals surface area contributed by atoms with Gasteiger partial charge in [0, 0.05) is 49.3 Å². The monoisotopic (exact) mass is 450 g/mol. The van der Waals surface area contributed by atoms with Crippen molar-refractivity contribution in [3.63, 3.8) is 0 Å². The van der Waals surface area contributed by atoms with Crippen LogP contribution in [0, 0.1) is 18.8 Å². The number of hydrogen-bond donors (Lipinski definition) is 3. The summed E-state index contributed by atoms with van der Waals surface area (Å²) in [6, 6.07) is 10.7. The van der Waals surface area contributed by atoms with Crippen molar-refractivity contribution >= 4 is 29.2 Å². The van der Waals surface area contributed by atoms with Gasteiger partial charge in [-0.05, 0) is 69.0 Å². The molecule has 1 aliphatic heterocycles. The average molecular weight is 451 g/mol. The largest absolute Gasteiger partial charge is 0.355 e. The van der Waals surface area contributed by atoms with E-state index >= 15 is 0 Å². The van der Waals surface area contributed by atoms with Crippen LogP contribution in [0.2, 0.25) is 0 Å². The fourth-order valence-corrected chi connectivity index (χ4v) is 3.83. The molecule has 33 heavy (non-hydrogen) atoms. The smallest absolute Gasteiger partial charge is 0.251 e. The fourth-order valence-electron chi connectivity index (χ4n) is 3.83. The van der Waals surface area contributed by atoms with Gasteiger partial charge in [0.1, 0.15) is 0 Å². The SMILES string of the molecule is Cc1ccc(N2CCC(C(=O)NCCNC(=O)c3ccc(NC(=O)C4CC4)cc3)CC2)nn1. The predicted molar refractivity (Wildman–Crippen MR) is 125 cm³/mol. The Morgan fingerprint density at radius 1 is 0.848 bits per heavy atom. The molecule has 174 valence electrons. The second-order valence-corrected chi connectivity index (χ2v) is 8.68. The summed E-state index contributed by atoms with van der Waals surface area (Å²) in [5.41, 5.74) is 2.09. The first-order valence-corrected chi connectivity index (χ1v) is 11.5. The molecule has 2 aromatic rings. The minimum atomic E-state index is -0.211. The van der Waals surface area contributed by atoms with E-state index < -0.39 is 0 Å². The van der Waals surface area contributed by atoms with E-state index in [0.29, 0.717) is 24.3 Å². The van der Waals surface area contributed by atoms with Crippen molar-refractivity contribution in [2.75, 3.05) is 36.4 Å². The van der Waals surface area contributed by atoms with Gasteiger partial charge >= 0.3 is 0 Å². The molecule has 1 saturated heterocycles. The molecule has 3 amide bonds. The van der Waals surface area contributed by atoms with Crippen LogP contribution in [0.15, 0.2) is 36.4 Å². The number of nitrogens with one attached hydrogen (secondary N) is 3. The maximum atomic E-state index is 12.5. The lowest BCUT2D eigenvalue weighted by molar-refractivity contribution is -0.125. The molecule has 1 aromatic heterocycles. The molecule has 1 saturated carbocycles. The van der Waals surface area contributed by atoms with Crippen LogP contribution in [0.4, 0.5) is 11.5 Å². The predicted octanol–water partition coefficient (Wildman–Crippen LogP) is 1.90. The zero-order valence-electron chi connectivity index (χ0n) is 18.8. The number of anilines is 2. The number of nitrogens with zero attached hydrogens (tertiary/aromatic N) is 3. The van der Waals surface area contributed by atoms with Gasteiger partial charge in [-0.15, -0.1) is 5.10 Å². The Balaban J connectivity index is 1.13. The van der Waals surface area contributed by atoms with Crippen molar-refractivity contribution in [3.8, 4) is 0 Å². The zero-order chi connectivity index (χ0) is 23.2. The van der Waals surface area contributed by atoms with Gasteiger partial charge in [0.15, 0.2) is 5.82 Å². The number of aryl methyl sites for hydroxylation is 1. The summed E-state index contributed by atoms with van der Waals surface area (Å²) < 4.78 is 0. The van der Waals surface area contributed by atoms with Crippen molar-refractivity contribution in [1.29, 1.82) is 0 Å². The van der Waals surface area contributed by atoms with Crippen LogP contribution >= 0.6 is 0 Å². The van der Waals surface area contributed by atoms with Crippen LogP contribution in [0.1, 0.15) is 41.7 Å². The maximum Gasteiger partial charge on any atom is 0.251 e. The first-order valence-electron chi connectivity index (χ1n) is 11.5. The van der Waals surface area contributed by atoms with E-state index in [1.165, 1.54) is 0 Å². The number of carbonyl (C=O) groups is 3. The fraction of sp³-hybridized carbons (Fsp3) is 0.458. The molecule has 0 atom stereocenters. The molecule has 0 unspecified atom stereocenters. The standard InChI is InChI=1S/C24H30N6O3/c1-16-2-9-21(29-28-16)30-14-10-19(11-15-30)23(32)26-13-12-25-22(31)17-5-7-20(8-6-17)27-24(33)18-3-4-18/h2,5-9,18-19H,3-4,10-15H2,1H3,(H,25,31)(H,26,32)(H,27,33). The summed E-state index contributed by atoms with van der Waals surface area (Å²) in [5, 5.41) is 16.9. The van der Waals surface area contributed by atoms with Crippen molar-refractivity contribution in [3.05, 3.63) is 47.7 Å². The number of carbonyl (C=O) groups excluding carboxylic acids is 3. The maximum absolute atomic E-state index is 12.5. The van der Waals surface area contributed by atoms with Gasteiger partial charge in [0.05, 0.1) is 5.69 Å². The van der Waals surface area contributed by atoms with Crippen molar-refractivity contribution < 1.29 is 14.4 Å². The molecule has 9 heteroatoms. The molecule has 3 N–H and O–H groups in total. The lowest BCUT2D eigenvalue weighted by Crippen LogP contribution is -2.42. The van der Waals surface area contributed by atoms with Crippen LogP contribution in [0.5, 0.6) is 0 Å². The highest BCUT2D eigenvalue weighted by Crippen LogP contribution is 2.30. The molecule has 0 spiro atoms. The van der Waals surface area contributed by atoms with E-state index in [1.54, 1.807) is 24.3 Å². The summed E-state index contributed by atoms with van der Waals surface area (Å²) in [6.45, 7) is 4.17. The number of hydrogen-bond acceptors (Lipinski definition) is 6. The van der Waals surface area contributed by atoms with Gasteiger partial charge in [0.2, 0.25) is 11.8 Å². The van der Waals surface area contributed by atoms with E-state index in [2.05, 4.69) is 31.0 Å². The second-order valence-electron chi connectivity index (χ2n) is 8.68. The third-order valence-electron chi connectivity index (χ3n) is 6.05. The summed E-state index contributed by atoms with van der Waals surface area (Å²) >= 11 is 0. The third-order valence-corrected chi connectivity index (χ3v) is 6.05. The Kier molecular flexibility index (Phi) is 7.16. The van der Waals surface area contributed by atoms with Crippen molar-refractivity contribution in [2.45, 2.75) is 32.6 Å². The Morgan fingerprint density at radius 3 is 2.15 bits per heavy atom. The lowest BCUT2D eigenvalue weighted by Gasteiger charge is -2.31. The van der Waals surface area contributed by atoms with E-state index in [1.807, 2.05) is 19.1 Å². The number of piperidine rings is 1. The molecule has 2 aliphatic rings. The highest BCUT2D eigenvalue weighted by atomic mass is 16.2. The minimum absolute atomic E-state index is 0.0228. The van der Waals surface area contributed by atoms with Gasteiger partial charge in [-0.1, -0.05) is 0 Å². The normalized spacial score (nSPS) is 16.2. The van der Waals surface area contributed by atoms with Gasteiger partial charge in [-0.3, -0.25) is 14.4 Å². The summed E-state index contributed by atoms with van der Waals surface area (Å²) in [6.07, 6.45) is 3.42. The molecule has 9 nitrogen and oxygen atoms in total. The van der Waals surface area contributed by atoms with Crippen LogP contribution < -0.4 is 20.9 Å². The van der Waals surface area contributed by atoms with Gasteiger partial charge in [0.25, 0.3) is 5.91 Å². The molecule has 2 heterocycles. The Bertz CT molecular complexity index is 980. The average Bonchev–Trinajstić information content (AvgIpc) is 3.68. The molecule has 1 aromatic carbocycles. The number of benzene rings is 1. The van der Waals surface area contributed by atoms with Crippen molar-refractivity contribution in [2.24, 2.45) is 11.8 Å². The van der Waals surface area contributed by atoms with Crippen LogP contribution in [-0.4, -0.2) is 54.1 Å². The van der Waals surface area contributed by atoms with E-state index in [4.69, 9.17) is 0 Å². The molecule has 0 bridgehead atoms. The Labute approximate surface area is 193 Å². The van der Waals surface area contributed by atoms with Gasteiger partial charge < -0.3 is 20.9 Å². The summed E-state index contributed by atoms with van der Waals surface area (Å²) in [7, 11) is 0. The second kappa shape index (κ2) is 10.4. The Hall–Kier alpha value is -3.49. The number of amides is 3. The van der Waals surface area contributed by atoms with Crippen LogP contribution in [0.25, 0.3) is 0 Å². The molecule has 0 radical (unpaired) electrons. The first kappa shape index (κ1) is 22.7. The molecular formula is C24H30N6O3. The third kappa shape index (κ3) is 6.27. The van der Waals surface area contributed by atoms with E-state index in [0.717, 1.165) is 50.3 Å². The number of rotatable bonds is 8. The highest BCUT2D eigenvalue weighted by molar-refractivity contribution is 5.96. The zero-order valence-corrected chi connectivity index (χ0v) is 18.8. The first-order chi connectivity index (χ1) is 16.0. The van der Waals surface area contributed by atoms with Gasteiger partial charge in [-0.2, -0.15) is 5.10 Å². The molecule has 1 aliphatic carbocycles. The molecular weight excluding hydrogens is 420 g/mol. The van der Waals surface area contributed by atoms with Gasteiger partial charge in [-0.25, -0.2) is 0 Å². The summed E-state index contributed by atoms with van der Waals surface area (Å²) in [4.78, 5) is 38.7. The number of aromatic nitrogens is 2. The summed E-state index contributed by atoms with van der Waals surface area (Å²) in [5.74, 6) is 0.802. The topological polar surface area (TPSA) is 116 Å². The van der Waals surface area contributed by atoms with Crippen molar-refractivity contribution in [1.82, 2.24) is 20.8 Å². The van der Waals surface area contributed by atoms with Crippen LogP contribution in [0.3, 0.4) is 0 Å². The lowest BCUT2D eigenvalue weighted by atomic mass is 9.96. The minimum Gasteiger partial charge on any atom is -0.355 e. The van der Waals surface area contributed by atoms with Crippen LogP contribution in [-0.2, 0) is 9.59 Å². The highest BCUT2D eigenvalue weighted by Gasteiger charge is 2.29. The van der Waals surface area contributed by atoms with E-state index in [9.17, 15) is 14.4 Å². The van der Waals surface area contributed by atoms with E-state index in [-0.39, 0.29) is 29.6 Å². The molecule has 4 rings (SSSR count). The Morgan fingerprint density at radius 2 is 1.52 bits per heavy atom. The quantitative estimate of drug-likeness (QED) is 0.529. The molecule has 2 fully saturated rings.